The van der Waals surface area contributed by atoms with Gasteiger partial charge in [0.05, 0.1) is 26.8 Å². The third kappa shape index (κ3) is 10.7. The molecular weight excluding hydrogens is 446 g/mol. The fourth-order valence-electron chi connectivity index (χ4n) is 4.81. The van der Waals surface area contributed by atoms with E-state index in [0.717, 1.165) is 31.6 Å². The van der Waals surface area contributed by atoms with Crippen molar-refractivity contribution in [3.63, 3.8) is 0 Å². The van der Waals surface area contributed by atoms with E-state index >= 15 is 0 Å². The van der Waals surface area contributed by atoms with Gasteiger partial charge in [-0.05, 0) is 37.8 Å². The van der Waals surface area contributed by atoms with Gasteiger partial charge in [-0.15, -0.1) is 0 Å². The van der Waals surface area contributed by atoms with E-state index in [2.05, 4.69) is 77.3 Å². The van der Waals surface area contributed by atoms with Crippen LogP contribution in [-0.4, -0.2) is 43.3 Å². The predicted molar refractivity (Wildman–Crippen MR) is 150 cm³/mol. The average Bonchev–Trinajstić information content (AvgIpc) is 2.85. The van der Waals surface area contributed by atoms with E-state index in [9.17, 15) is 4.79 Å². The molecule has 36 heavy (non-hydrogen) atoms. The molecule has 4 nitrogen and oxygen atoms in total. The van der Waals surface area contributed by atoms with Gasteiger partial charge in [0.25, 0.3) is 0 Å². The molecule has 200 valence electrons. The Balaban J connectivity index is 1.83. The summed E-state index contributed by atoms with van der Waals surface area (Å²) in [5.74, 6) is 0.864. The summed E-state index contributed by atoms with van der Waals surface area (Å²) in [6.45, 7) is 7.63. The lowest BCUT2D eigenvalue weighted by Crippen LogP contribution is -2.52. The highest BCUT2D eigenvalue weighted by atomic mass is 16.5. The Hall–Kier alpha value is -2.33. The van der Waals surface area contributed by atoms with E-state index in [0.29, 0.717) is 17.5 Å². The normalized spacial score (nSPS) is 13.2. The van der Waals surface area contributed by atoms with Crippen LogP contribution in [0, 0.1) is 0 Å². The SMILES string of the molecule is CCCCCCCCc1ccccc1OC(C)CCOC(=O)C(CCC)[N+](C)(C)Cc1ccccc1. The first-order valence-corrected chi connectivity index (χ1v) is 14.1. The van der Waals surface area contributed by atoms with Crippen molar-refractivity contribution >= 4 is 5.97 Å². The van der Waals surface area contributed by atoms with Gasteiger partial charge in [-0.1, -0.05) is 94.5 Å². The van der Waals surface area contributed by atoms with Crippen molar-refractivity contribution in [1.82, 2.24) is 0 Å². The predicted octanol–water partition coefficient (Wildman–Crippen LogP) is 7.74. The zero-order valence-electron chi connectivity index (χ0n) is 23.5. The van der Waals surface area contributed by atoms with Crippen molar-refractivity contribution in [3.05, 3.63) is 65.7 Å². The Morgan fingerprint density at radius 2 is 1.50 bits per heavy atom. The summed E-state index contributed by atoms with van der Waals surface area (Å²) in [5.41, 5.74) is 2.51. The maximum absolute atomic E-state index is 13.1. The quantitative estimate of drug-likeness (QED) is 0.120. The lowest BCUT2D eigenvalue weighted by molar-refractivity contribution is -0.920. The van der Waals surface area contributed by atoms with Gasteiger partial charge in [0.1, 0.15) is 12.3 Å². The molecular formula is C32H50NO3+. The number of rotatable bonds is 18. The number of nitrogens with zero attached hydrogens (tertiary/aromatic N) is 1. The minimum absolute atomic E-state index is 0.0139. The van der Waals surface area contributed by atoms with E-state index < -0.39 is 0 Å². The minimum atomic E-state index is -0.176. The summed E-state index contributed by atoms with van der Waals surface area (Å²) in [6, 6.07) is 18.6. The number of quaternary nitrogens is 1. The van der Waals surface area contributed by atoms with Crippen molar-refractivity contribution in [2.75, 3.05) is 20.7 Å². The average molecular weight is 497 g/mol. The summed E-state index contributed by atoms with van der Waals surface area (Å²) < 4.78 is 12.7. The number of para-hydroxylation sites is 1. The second-order valence-electron chi connectivity index (χ2n) is 10.7. The summed E-state index contributed by atoms with van der Waals surface area (Å²) in [7, 11) is 4.25. The van der Waals surface area contributed by atoms with Crippen LogP contribution >= 0.6 is 0 Å². The maximum atomic E-state index is 13.1. The number of aryl methyl sites for hydroxylation is 1. The van der Waals surface area contributed by atoms with E-state index in [4.69, 9.17) is 9.47 Å². The first kappa shape index (κ1) is 29.9. The summed E-state index contributed by atoms with van der Waals surface area (Å²) in [4.78, 5) is 13.1. The van der Waals surface area contributed by atoms with Crippen LogP contribution in [0.15, 0.2) is 54.6 Å². The zero-order chi connectivity index (χ0) is 26.2. The third-order valence-corrected chi connectivity index (χ3v) is 6.98. The maximum Gasteiger partial charge on any atom is 0.364 e. The van der Waals surface area contributed by atoms with Crippen LogP contribution in [0.25, 0.3) is 0 Å². The Morgan fingerprint density at radius 1 is 0.833 bits per heavy atom. The smallest absolute Gasteiger partial charge is 0.364 e. The molecule has 0 fully saturated rings. The van der Waals surface area contributed by atoms with Crippen molar-refractivity contribution in [2.45, 2.75) is 104 Å². The number of hydrogen-bond donors (Lipinski definition) is 0. The number of ether oxygens (including phenoxy) is 2. The number of carbonyl (C=O) groups excluding carboxylic acids is 1. The van der Waals surface area contributed by atoms with Crippen LogP contribution in [-0.2, 0) is 22.5 Å². The molecule has 0 aliphatic carbocycles. The van der Waals surface area contributed by atoms with Gasteiger partial charge in [-0.2, -0.15) is 0 Å². The number of likely N-dealkylation sites (N-methyl/N-ethyl adjacent to an activating group) is 1. The molecule has 4 heteroatoms. The minimum Gasteiger partial charge on any atom is -0.490 e. The summed E-state index contributed by atoms with van der Waals surface area (Å²) in [6.07, 6.45) is 11.2. The molecule has 2 atom stereocenters. The fourth-order valence-corrected chi connectivity index (χ4v) is 4.81. The second kappa shape index (κ2) is 16.4. The molecule has 0 amide bonds. The lowest BCUT2D eigenvalue weighted by atomic mass is 10.0. The van der Waals surface area contributed by atoms with Gasteiger partial charge in [-0.25, -0.2) is 4.79 Å². The van der Waals surface area contributed by atoms with Gasteiger partial charge in [-0.3, -0.25) is 0 Å². The number of unbranched alkanes of at least 4 members (excludes halogenated alkanes) is 5. The van der Waals surface area contributed by atoms with Crippen molar-refractivity contribution < 1.29 is 18.8 Å². The van der Waals surface area contributed by atoms with Gasteiger partial charge in [0, 0.05) is 18.4 Å². The summed E-state index contributed by atoms with van der Waals surface area (Å²) in [5, 5.41) is 0. The molecule has 0 radical (unpaired) electrons. The zero-order valence-corrected chi connectivity index (χ0v) is 23.5. The molecule has 2 unspecified atom stereocenters. The van der Waals surface area contributed by atoms with E-state index in [1.165, 1.54) is 49.7 Å². The topological polar surface area (TPSA) is 35.5 Å². The molecule has 0 saturated heterocycles. The first-order valence-electron chi connectivity index (χ1n) is 14.1. The van der Waals surface area contributed by atoms with E-state index in [1.807, 2.05) is 12.1 Å². The van der Waals surface area contributed by atoms with E-state index in [1.54, 1.807) is 0 Å². The van der Waals surface area contributed by atoms with Crippen LogP contribution in [0.5, 0.6) is 5.75 Å². The molecule has 0 aromatic heterocycles. The molecule has 0 N–H and O–H groups in total. The Labute approximate surface area is 220 Å². The Kier molecular flexibility index (Phi) is 13.6. The third-order valence-electron chi connectivity index (χ3n) is 6.98. The van der Waals surface area contributed by atoms with Crippen LogP contribution < -0.4 is 4.74 Å². The highest BCUT2D eigenvalue weighted by Gasteiger charge is 2.35. The van der Waals surface area contributed by atoms with Crippen LogP contribution in [0.3, 0.4) is 0 Å². The molecule has 2 aromatic rings. The van der Waals surface area contributed by atoms with Crippen molar-refractivity contribution in [2.24, 2.45) is 0 Å². The fraction of sp³-hybridized carbons (Fsp3) is 0.594. The van der Waals surface area contributed by atoms with Gasteiger partial charge < -0.3 is 14.0 Å². The molecule has 0 saturated carbocycles. The van der Waals surface area contributed by atoms with Crippen molar-refractivity contribution in [3.8, 4) is 5.75 Å². The standard InChI is InChI=1S/C32H50NO3/c1-6-8-9-10-11-15-21-29-22-16-17-23-31(29)36-27(3)24-25-35-32(34)30(18-7-2)33(4,5)26-28-19-13-12-14-20-28/h12-14,16-17,19-20,22-23,27,30H,6-11,15,18,21,24-26H2,1-5H3/q+1. The number of hydrogen-bond acceptors (Lipinski definition) is 3. The molecule has 0 heterocycles. The molecule has 2 aromatic carbocycles. The van der Waals surface area contributed by atoms with Crippen LogP contribution in [0.2, 0.25) is 0 Å². The van der Waals surface area contributed by atoms with Crippen LogP contribution in [0.1, 0.15) is 89.7 Å². The van der Waals surface area contributed by atoms with Gasteiger partial charge >= 0.3 is 5.97 Å². The van der Waals surface area contributed by atoms with Gasteiger partial charge in [0.2, 0.25) is 0 Å². The van der Waals surface area contributed by atoms with Crippen LogP contribution in [0.4, 0.5) is 0 Å². The number of esters is 1. The molecule has 2 rings (SSSR count). The highest BCUT2D eigenvalue weighted by molar-refractivity contribution is 5.74. The Morgan fingerprint density at radius 3 is 2.22 bits per heavy atom. The van der Waals surface area contributed by atoms with Gasteiger partial charge in [0.15, 0.2) is 6.04 Å². The second-order valence-corrected chi connectivity index (χ2v) is 10.7. The molecule has 0 spiro atoms. The lowest BCUT2D eigenvalue weighted by Gasteiger charge is -2.36. The van der Waals surface area contributed by atoms with Crippen molar-refractivity contribution in [1.29, 1.82) is 0 Å². The highest BCUT2D eigenvalue weighted by Crippen LogP contribution is 2.23. The monoisotopic (exact) mass is 496 g/mol. The molecule has 0 aliphatic rings. The van der Waals surface area contributed by atoms with E-state index in [-0.39, 0.29) is 18.1 Å². The number of carbonyl (C=O) groups is 1. The largest absolute Gasteiger partial charge is 0.490 e. The summed E-state index contributed by atoms with van der Waals surface area (Å²) >= 11 is 0. The number of benzene rings is 2. The Bertz CT molecular complexity index is 865. The molecule has 0 bridgehead atoms. The molecule has 0 aliphatic heterocycles. The first-order chi connectivity index (χ1) is 17.4.